The number of likely N-dealkylation sites (N-methyl/N-ethyl adjacent to an activating group) is 1. The fourth-order valence-corrected chi connectivity index (χ4v) is 2.68. The minimum atomic E-state index is 0.144. The maximum absolute atomic E-state index is 12.2. The summed E-state index contributed by atoms with van der Waals surface area (Å²) in [5, 5.41) is 1.00. The quantitative estimate of drug-likeness (QED) is 0.874. The van der Waals surface area contributed by atoms with E-state index in [1.54, 1.807) is 0 Å². The number of carbonyl (C=O) groups excluding carboxylic acids is 1. The van der Waals surface area contributed by atoms with Crippen molar-refractivity contribution < 1.29 is 4.79 Å². The molecule has 2 N–H and O–H groups in total. The summed E-state index contributed by atoms with van der Waals surface area (Å²) in [6.45, 7) is 0.358. The zero-order valence-electron chi connectivity index (χ0n) is 11.4. The summed E-state index contributed by atoms with van der Waals surface area (Å²) in [5.41, 5.74) is 7.59. The van der Waals surface area contributed by atoms with Gasteiger partial charge in [0.1, 0.15) is 11.5 Å². The number of amides is 1. The van der Waals surface area contributed by atoms with Crippen molar-refractivity contribution in [3.63, 3.8) is 0 Å². The molecule has 2 aromatic rings. The van der Waals surface area contributed by atoms with Crippen LogP contribution in [0.5, 0.6) is 0 Å². The smallest absolute Gasteiger partial charge is 0.242 e. The van der Waals surface area contributed by atoms with Gasteiger partial charge in [-0.05, 0) is 25.0 Å². The molecule has 0 unspecified atom stereocenters. The number of carbonyl (C=O) groups is 1. The van der Waals surface area contributed by atoms with Crippen LogP contribution >= 0.6 is 12.2 Å². The minimum absolute atomic E-state index is 0.144. The number of rotatable bonds is 4. The minimum Gasteiger partial charge on any atom is -0.389 e. The van der Waals surface area contributed by atoms with Crippen molar-refractivity contribution in [2.75, 3.05) is 7.05 Å². The lowest BCUT2D eigenvalue weighted by atomic mass is 10.1. The van der Waals surface area contributed by atoms with Crippen molar-refractivity contribution in [3.8, 4) is 0 Å². The van der Waals surface area contributed by atoms with Gasteiger partial charge >= 0.3 is 0 Å². The van der Waals surface area contributed by atoms with Crippen LogP contribution in [0.2, 0.25) is 0 Å². The molecule has 4 nitrogen and oxygen atoms in total. The lowest BCUT2D eigenvalue weighted by molar-refractivity contribution is -0.130. The maximum atomic E-state index is 12.2. The second-order valence-electron chi connectivity index (χ2n) is 5.28. The van der Waals surface area contributed by atoms with Crippen molar-refractivity contribution in [3.05, 3.63) is 36.0 Å². The molecule has 1 amide bonds. The van der Waals surface area contributed by atoms with Crippen LogP contribution in [0.15, 0.2) is 30.5 Å². The van der Waals surface area contributed by atoms with E-state index in [0.29, 0.717) is 17.6 Å². The molecule has 1 aromatic carbocycles. The van der Waals surface area contributed by atoms with E-state index >= 15 is 0 Å². The van der Waals surface area contributed by atoms with Gasteiger partial charge in [0.25, 0.3) is 0 Å². The lowest BCUT2D eigenvalue weighted by Crippen LogP contribution is -2.31. The molecule has 1 fully saturated rings. The third-order valence-corrected chi connectivity index (χ3v) is 4.09. The van der Waals surface area contributed by atoms with E-state index in [-0.39, 0.29) is 5.91 Å². The summed E-state index contributed by atoms with van der Waals surface area (Å²) in [7, 11) is 1.88. The molecule has 0 aliphatic heterocycles. The summed E-state index contributed by atoms with van der Waals surface area (Å²) in [6, 6.07) is 8.22. The summed E-state index contributed by atoms with van der Waals surface area (Å²) in [5.74, 6) is 0.144. The molecule has 1 aromatic heterocycles. The second-order valence-corrected chi connectivity index (χ2v) is 5.72. The van der Waals surface area contributed by atoms with Gasteiger partial charge in [-0.2, -0.15) is 0 Å². The Labute approximate surface area is 123 Å². The van der Waals surface area contributed by atoms with Crippen molar-refractivity contribution in [1.82, 2.24) is 9.47 Å². The van der Waals surface area contributed by atoms with Crippen molar-refractivity contribution >= 4 is 34.0 Å². The van der Waals surface area contributed by atoms with Crippen molar-refractivity contribution in [1.29, 1.82) is 0 Å². The Morgan fingerprint density at radius 2 is 2.20 bits per heavy atom. The van der Waals surface area contributed by atoms with E-state index in [1.807, 2.05) is 47.0 Å². The van der Waals surface area contributed by atoms with Crippen molar-refractivity contribution in [2.24, 2.45) is 5.73 Å². The first kappa shape index (κ1) is 13.1. The number of nitrogens with zero attached hydrogens (tertiary/aromatic N) is 2. The molecule has 1 heterocycles. The SMILES string of the molecule is CN(C(=O)Cn1ccc2c(C(N)=S)cccc21)C1CC1. The van der Waals surface area contributed by atoms with E-state index < -0.39 is 0 Å². The van der Waals surface area contributed by atoms with Crippen LogP contribution in [0.1, 0.15) is 18.4 Å². The van der Waals surface area contributed by atoms with Gasteiger partial charge in [-0.25, -0.2) is 0 Å². The van der Waals surface area contributed by atoms with Crippen LogP contribution in [0.25, 0.3) is 10.9 Å². The molecule has 0 spiro atoms. The molecular formula is C15H17N3OS. The van der Waals surface area contributed by atoms with Gasteiger partial charge in [0.05, 0.1) is 0 Å². The van der Waals surface area contributed by atoms with Gasteiger partial charge in [0, 0.05) is 35.8 Å². The second kappa shape index (κ2) is 4.90. The van der Waals surface area contributed by atoms with Gasteiger partial charge in [-0.15, -0.1) is 0 Å². The molecule has 104 valence electrons. The number of aromatic nitrogens is 1. The fourth-order valence-electron chi connectivity index (χ4n) is 2.50. The predicted molar refractivity (Wildman–Crippen MR) is 83.6 cm³/mol. The molecule has 0 radical (unpaired) electrons. The molecule has 3 rings (SSSR count). The van der Waals surface area contributed by atoms with E-state index in [2.05, 4.69) is 0 Å². The van der Waals surface area contributed by atoms with Gasteiger partial charge in [-0.1, -0.05) is 24.4 Å². The molecule has 1 saturated carbocycles. The number of hydrogen-bond donors (Lipinski definition) is 1. The molecule has 20 heavy (non-hydrogen) atoms. The number of thiocarbonyl (C=S) groups is 1. The van der Waals surface area contributed by atoms with Crippen LogP contribution in [-0.4, -0.2) is 33.5 Å². The van der Waals surface area contributed by atoms with Gasteiger partial charge in [0.2, 0.25) is 5.91 Å². The average molecular weight is 287 g/mol. The van der Waals surface area contributed by atoms with Crippen molar-refractivity contribution in [2.45, 2.75) is 25.4 Å². The zero-order chi connectivity index (χ0) is 14.3. The number of nitrogens with two attached hydrogens (primary N) is 1. The molecule has 1 aliphatic carbocycles. The highest BCUT2D eigenvalue weighted by Crippen LogP contribution is 2.26. The largest absolute Gasteiger partial charge is 0.389 e. The Bertz CT molecular complexity index is 687. The highest BCUT2D eigenvalue weighted by molar-refractivity contribution is 7.80. The number of benzene rings is 1. The lowest BCUT2D eigenvalue weighted by Gasteiger charge is -2.17. The molecule has 5 heteroatoms. The average Bonchev–Trinajstić information content (AvgIpc) is 3.20. The van der Waals surface area contributed by atoms with Crippen LogP contribution in [-0.2, 0) is 11.3 Å². The monoisotopic (exact) mass is 287 g/mol. The van der Waals surface area contributed by atoms with Crippen LogP contribution in [0, 0.1) is 0 Å². The Hall–Kier alpha value is -1.88. The Morgan fingerprint density at radius 1 is 1.45 bits per heavy atom. The highest BCUT2D eigenvalue weighted by atomic mass is 32.1. The molecule has 0 bridgehead atoms. The van der Waals surface area contributed by atoms with Gasteiger partial charge in [0.15, 0.2) is 0 Å². The Kier molecular flexibility index (Phi) is 3.22. The first-order chi connectivity index (χ1) is 9.58. The Morgan fingerprint density at radius 3 is 2.85 bits per heavy atom. The standard InChI is InChI=1S/C15H17N3OS/c1-17(10-5-6-10)14(19)9-18-8-7-11-12(15(16)20)3-2-4-13(11)18/h2-4,7-8,10H,5-6,9H2,1H3,(H2,16,20). The first-order valence-corrected chi connectivity index (χ1v) is 7.12. The normalized spacial score (nSPS) is 14.4. The number of fused-ring (bicyclic) bond motifs is 1. The summed E-state index contributed by atoms with van der Waals surface area (Å²) in [6.07, 6.45) is 4.17. The maximum Gasteiger partial charge on any atom is 0.242 e. The van der Waals surface area contributed by atoms with E-state index in [0.717, 1.165) is 29.3 Å². The molecule has 1 aliphatic rings. The first-order valence-electron chi connectivity index (χ1n) is 6.71. The van der Waals surface area contributed by atoms with Gasteiger partial charge < -0.3 is 15.2 Å². The van der Waals surface area contributed by atoms with E-state index in [4.69, 9.17) is 18.0 Å². The predicted octanol–water partition coefficient (Wildman–Crippen LogP) is 1.90. The third kappa shape index (κ3) is 2.29. The number of hydrogen-bond acceptors (Lipinski definition) is 2. The summed E-state index contributed by atoms with van der Waals surface area (Å²) < 4.78 is 1.96. The highest BCUT2D eigenvalue weighted by Gasteiger charge is 2.29. The summed E-state index contributed by atoms with van der Waals surface area (Å²) in [4.78, 5) is 14.4. The zero-order valence-corrected chi connectivity index (χ0v) is 12.2. The third-order valence-electron chi connectivity index (χ3n) is 3.87. The summed E-state index contributed by atoms with van der Waals surface area (Å²) >= 11 is 5.06. The van der Waals surface area contributed by atoms with Crippen LogP contribution < -0.4 is 5.73 Å². The van der Waals surface area contributed by atoms with E-state index in [9.17, 15) is 4.79 Å². The fraction of sp³-hybridized carbons (Fsp3) is 0.333. The molecular weight excluding hydrogens is 270 g/mol. The van der Waals surface area contributed by atoms with E-state index in [1.165, 1.54) is 0 Å². The van der Waals surface area contributed by atoms with Gasteiger partial charge in [-0.3, -0.25) is 4.79 Å². The van der Waals surface area contributed by atoms with Crippen LogP contribution in [0.4, 0.5) is 0 Å². The molecule has 0 saturated heterocycles. The van der Waals surface area contributed by atoms with Crippen LogP contribution in [0.3, 0.4) is 0 Å². The Balaban J connectivity index is 1.90. The topological polar surface area (TPSA) is 51.3 Å². The molecule has 0 atom stereocenters.